The highest BCUT2D eigenvalue weighted by molar-refractivity contribution is 5.84. The molecule has 0 radical (unpaired) electrons. The van der Waals surface area contributed by atoms with Crippen LogP contribution in [-0.2, 0) is 4.79 Å². The predicted octanol–water partition coefficient (Wildman–Crippen LogP) is 2.54. The average Bonchev–Trinajstić information content (AvgIpc) is 2.82. The van der Waals surface area contributed by atoms with Crippen LogP contribution in [0, 0.1) is 40.4 Å². The lowest BCUT2D eigenvalue weighted by molar-refractivity contribution is -0.207. The molecule has 4 saturated carbocycles. The fourth-order valence-electron chi connectivity index (χ4n) is 7.97. The van der Waals surface area contributed by atoms with E-state index in [4.69, 9.17) is 0 Å². The van der Waals surface area contributed by atoms with Crippen molar-refractivity contribution in [3.05, 3.63) is 0 Å². The molecule has 4 aliphatic rings. The van der Waals surface area contributed by atoms with E-state index < -0.39 is 18.3 Å². The van der Waals surface area contributed by atoms with Gasteiger partial charge in [-0.2, -0.15) is 0 Å². The summed E-state index contributed by atoms with van der Waals surface area (Å²) in [4.78, 5) is 12.6. The highest BCUT2D eigenvalue weighted by Crippen LogP contribution is 2.67. The van der Waals surface area contributed by atoms with Gasteiger partial charge < -0.3 is 15.3 Å². The fraction of sp³-hybridized carbons (Fsp3) is 0.952. The van der Waals surface area contributed by atoms with Gasteiger partial charge in [0.2, 0.25) is 0 Å². The van der Waals surface area contributed by atoms with Crippen LogP contribution in [0.4, 0.5) is 0 Å². The van der Waals surface area contributed by atoms with Crippen LogP contribution < -0.4 is 0 Å². The molecule has 4 nitrogen and oxygen atoms in total. The van der Waals surface area contributed by atoms with Crippen molar-refractivity contribution in [1.29, 1.82) is 0 Å². The Hall–Kier alpha value is -0.450. The Morgan fingerprint density at radius 3 is 2.36 bits per heavy atom. The van der Waals surface area contributed by atoms with Crippen LogP contribution in [-0.4, -0.2) is 39.4 Å². The van der Waals surface area contributed by atoms with Gasteiger partial charge in [0.05, 0.1) is 12.2 Å². The van der Waals surface area contributed by atoms with E-state index in [0.717, 1.165) is 38.5 Å². The highest BCUT2D eigenvalue weighted by atomic mass is 16.4. The summed E-state index contributed by atoms with van der Waals surface area (Å²) in [7, 11) is 0. The van der Waals surface area contributed by atoms with Gasteiger partial charge in [-0.25, -0.2) is 0 Å². The van der Waals surface area contributed by atoms with Crippen molar-refractivity contribution in [1.82, 2.24) is 0 Å². The molecule has 0 spiro atoms. The first-order chi connectivity index (χ1) is 11.7. The van der Waals surface area contributed by atoms with E-state index >= 15 is 0 Å². The third-order valence-electron chi connectivity index (χ3n) is 9.20. The number of hydrogen-bond acceptors (Lipinski definition) is 4. The molecule has 0 aromatic carbocycles. The zero-order valence-electron chi connectivity index (χ0n) is 15.8. The van der Waals surface area contributed by atoms with E-state index in [2.05, 4.69) is 20.8 Å². The minimum atomic E-state index is -1.01. The van der Waals surface area contributed by atoms with Gasteiger partial charge in [-0.15, -0.1) is 0 Å². The van der Waals surface area contributed by atoms with Gasteiger partial charge >= 0.3 is 0 Å². The lowest BCUT2D eigenvalue weighted by atomic mass is 9.44. The van der Waals surface area contributed by atoms with Crippen molar-refractivity contribution in [2.75, 3.05) is 0 Å². The van der Waals surface area contributed by atoms with Gasteiger partial charge in [0.15, 0.2) is 0 Å². The minimum Gasteiger partial charge on any atom is -0.390 e. The number of ketones is 1. The standard InChI is InChI=1S/C21H34O4/c1-4-12-16(22)9-15-11-5-6-14-18(24)19(25)17(23)10-21(14,3)13(11)7-8-20(12,15)2/h11-15,17-19,23-25H,4-10H2,1-3H3/t11-,12+,13+,14+,15+,17+,18-,19+,20+,21-/m1/s1. The number of carbonyl (C=O) groups excluding carboxylic acids is 1. The Kier molecular flexibility index (Phi) is 4.14. The van der Waals surface area contributed by atoms with Crippen molar-refractivity contribution in [2.45, 2.75) is 84.0 Å². The first-order valence-electron chi connectivity index (χ1n) is 10.3. The quantitative estimate of drug-likeness (QED) is 0.679. The third kappa shape index (κ3) is 2.26. The molecule has 4 aliphatic carbocycles. The maximum Gasteiger partial charge on any atom is 0.136 e. The fourth-order valence-corrected chi connectivity index (χ4v) is 7.97. The molecule has 10 atom stereocenters. The minimum absolute atomic E-state index is 0.0654. The maximum atomic E-state index is 12.6. The number of carbonyl (C=O) groups is 1. The summed E-state index contributed by atoms with van der Waals surface area (Å²) in [6.07, 6.45) is 3.71. The van der Waals surface area contributed by atoms with Crippen LogP contribution in [0.15, 0.2) is 0 Å². The summed E-state index contributed by atoms with van der Waals surface area (Å²) >= 11 is 0. The van der Waals surface area contributed by atoms with Crippen LogP contribution in [0.3, 0.4) is 0 Å². The van der Waals surface area contributed by atoms with E-state index in [0.29, 0.717) is 30.0 Å². The molecule has 4 fully saturated rings. The monoisotopic (exact) mass is 350 g/mol. The van der Waals surface area contributed by atoms with Crippen molar-refractivity contribution < 1.29 is 20.1 Å². The third-order valence-corrected chi connectivity index (χ3v) is 9.20. The highest BCUT2D eigenvalue weighted by Gasteiger charge is 2.63. The SMILES string of the molecule is CC[C@H]1C(=O)C[C@H]2[C@@H]3CC[C@H]4[C@@H](O)[C@@H](O)[C@@H](O)C[C@]4(C)[C@H]3CC[C@@]12C. The molecule has 0 aliphatic heterocycles. The van der Waals surface area contributed by atoms with E-state index in [1.165, 1.54) is 0 Å². The van der Waals surface area contributed by atoms with Crippen LogP contribution in [0.2, 0.25) is 0 Å². The molecule has 0 unspecified atom stereocenters. The zero-order chi connectivity index (χ0) is 18.1. The summed E-state index contributed by atoms with van der Waals surface area (Å²) in [5, 5.41) is 31.1. The molecule has 0 aromatic rings. The van der Waals surface area contributed by atoms with Gasteiger partial charge in [-0.3, -0.25) is 4.79 Å². The van der Waals surface area contributed by atoms with E-state index in [1.807, 2.05) is 0 Å². The van der Waals surface area contributed by atoms with Crippen LogP contribution >= 0.6 is 0 Å². The first kappa shape index (κ1) is 17.9. The summed E-state index contributed by atoms with van der Waals surface area (Å²) in [5.41, 5.74) is 0.0112. The second-order valence-corrected chi connectivity index (χ2v) is 9.99. The predicted molar refractivity (Wildman–Crippen MR) is 94.7 cm³/mol. The van der Waals surface area contributed by atoms with E-state index in [9.17, 15) is 20.1 Å². The summed E-state index contributed by atoms with van der Waals surface area (Å²) in [6.45, 7) is 6.72. The Bertz CT molecular complexity index is 562. The van der Waals surface area contributed by atoms with Gasteiger partial charge in [0, 0.05) is 12.3 Å². The second-order valence-electron chi connectivity index (χ2n) is 9.99. The van der Waals surface area contributed by atoms with Crippen LogP contribution in [0.5, 0.6) is 0 Å². The molecule has 0 bridgehead atoms. The summed E-state index contributed by atoms with van der Waals surface area (Å²) < 4.78 is 0. The molecule has 0 heterocycles. The average molecular weight is 350 g/mol. The zero-order valence-corrected chi connectivity index (χ0v) is 15.8. The number of fused-ring (bicyclic) bond motifs is 5. The van der Waals surface area contributed by atoms with Gasteiger partial charge in [-0.1, -0.05) is 20.8 Å². The summed E-state index contributed by atoms with van der Waals surface area (Å²) in [5.74, 6) is 2.17. The Morgan fingerprint density at radius 2 is 1.68 bits per heavy atom. The molecule has 25 heavy (non-hydrogen) atoms. The lowest BCUT2D eigenvalue weighted by Crippen LogP contribution is -2.61. The number of Topliss-reactive ketones (excluding diaryl/α,β-unsaturated/α-hetero) is 1. The Labute approximate surface area is 151 Å². The van der Waals surface area contributed by atoms with Gasteiger partial charge in [0.1, 0.15) is 11.9 Å². The number of hydrogen-bond donors (Lipinski definition) is 3. The van der Waals surface area contributed by atoms with E-state index in [-0.39, 0.29) is 22.7 Å². The van der Waals surface area contributed by atoms with Crippen molar-refractivity contribution in [2.24, 2.45) is 40.4 Å². The Balaban J connectivity index is 1.66. The molecule has 0 aromatic heterocycles. The van der Waals surface area contributed by atoms with Crippen molar-refractivity contribution in [3.8, 4) is 0 Å². The molecule has 4 heteroatoms. The van der Waals surface area contributed by atoms with Gasteiger partial charge in [0.25, 0.3) is 0 Å². The maximum absolute atomic E-state index is 12.6. The second kappa shape index (κ2) is 5.77. The topological polar surface area (TPSA) is 77.8 Å². The van der Waals surface area contributed by atoms with Gasteiger partial charge in [-0.05, 0) is 73.0 Å². The smallest absolute Gasteiger partial charge is 0.136 e. The Morgan fingerprint density at radius 1 is 0.960 bits per heavy atom. The van der Waals surface area contributed by atoms with E-state index in [1.54, 1.807) is 0 Å². The molecule has 4 rings (SSSR count). The number of aliphatic hydroxyl groups excluding tert-OH is 3. The molecule has 0 amide bonds. The van der Waals surface area contributed by atoms with Crippen molar-refractivity contribution >= 4 is 5.78 Å². The largest absolute Gasteiger partial charge is 0.390 e. The molecular formula is C21H34O4. The number of rotatable bonds is 1. The van der Waals surface area contributed by atoms with Crippen molar-refractivity contribution in [3.63, 3.8) is 0 Å². The molecule has 3 N–H and O–H groups in total. The molecule has 0 saturated heterocycles. The van der Waals surface area contributed by atoms with Crippen LogP contribution in [0.25, 0.3) is 0 Å². The first-order valence-corrected chi connectivity index (χ1v) is 10.3. The normalized spacial score (nSPS) is 58.4. The molecular weight excluding hydrogens is 316 g/mol. The number of aliphatic hydroxyl groups is 3. The molecule has 142 valence electrons. The lowest BCUT2D eigenvalue weighted by Gasteiger charge is -2.62. The van der Waals surface area contributed by atoms with Crippen LogP contribution in [0.1, 0.15) is 65.7 Å². The summed E-state index contributed by atoms with van der Waals surface area (Å²) in [6, 6.07) is 0.